The maximum Gasteiger partial charge on any atom is 0.120 e. The zero-order valence-corrected chi connectivity index (χ0v) is 14.3. The molecular weight excluding hydrogens is 340 g/mol. The second kappa shape index (κ2) is 6.84. The van der Waals surface area contributed by atoms with E-state index in [9.17, 15) is 5.11 Å². The van der Waals surface area contributed by atoms with Gasteiger partial charge in [0.1, 0.15) is 5.75 Å². The van der Waals surface area contributed by atoms with Crippen molar-refractivity contribution in [3.05, 3.63) is 64.1 Å². The molecule has 3 heteroatoms. The summed E-state index contributed by atoms with van der Waals surface area (Å²) in [5.41, 5.74) is 2.27. The standard InChI is InChI=1S/C19H21BrO2/c1-22-19(13-6-3-2-4-7-13)17-9-5-8-15(17)16-11-10-14(20)12-18(16)21/h2-4,6-7,10-12,15,17,19,21H,5,8-9H2,1H3/t15-,17-,19?/m0/s1. The fourth-order valence-corrected chi connectivity index (χ4v) is 4.12. The third-order valence-electron chi connectivity index (χ3n) is 4.73. The Kier molecular flexibility index (Phi) is 4.84. The first-order valence-corrected chi connectivity index (χ1v) is 8.56. The quantitative estimate of drug-likeness (QED) is 0.787. The van der Waals surface area contributed by atoms with Crippen LogP contribution in [-0.2, 0) is 4.74 Å². The summed E-state index contributed by atoms with van der Waals surface area (Å²) >= 11 is 3.41. The van der Waals surface area contributed by atoms with Gasteiger partial charge in [0.15, 0.2) is 0 Å². The molecule has 2 aromatic rings. The minimum atomic E-state index is 0.0803. The van der Waals surface area contributed by atoms with E-state index < -0.39 is 0 Å². The van der Waals surface area contributed by atoms with Gasteiger partial charge in [-0.3, -0.25) is 0 Å². The Morgan fingerprint density at radius 1 is 1.14 bits per heavy atom. The first-order chi connectivity index (χ1) is 10.7. The Morgan fingerprint density at radius 2 is 1.91 bits per heavy atom. The number of aromatic hydroxyl groups is 1. The number of rotatable bonds is 4. The summed E-state index contributed by atoms with van der Waals surface area (Å²) in [6.45, 7) is 0. The number of hydrogen-bond acceptors (Lipinski definition) is 2. The molecule has 1 aliphatic rings. The van der Waals surface area contributed by atoms with Crippen LogP contribution in [0.2, 0.25) is 0 Å². The van der Waals surface area contributed by atoms with Crippen molar-refractivity contribution in [2.45, 2.75) is 31.3 Å². The summed E-state index contributed by atoms with van der Waals surface area (Å²) in [6.07, 6.45) is 3.49. The second-order valence-corrected chi connectivity index (χ2v) is 6.89. The molecule has 1 saturated carbocycles. The molecule has 2 nitrogen and oxygen atoms in total. The molecule has 22 heavy (non-hydrogen) atoms. The van der Waals surface area contributed by atoms with E-state index in [1.807, 2.05) is 18.2 Å². The predicted molar refractivity (Wildman–Crippen MR) is 92.1 cm³/mol. The number of hydrogen-bond donors (Lipinski definition) is 1. The molecule has 3 atom stereocenters. The van der Waals surface area contributed by atoms with E-state index in [1.165, 1.54) is 12.0 Å². The highest BCUT2D eigenvalue weighted by atomic mass is 79.9. The van der Waals surface area contributed by atoms with E-state index in [4.69, 9.17) is 4.74 Å². The largest absolute Gasteiger partial charge is 0.508 e. The van der Waals surface area contributed by atoms with Crippen molar-refractivity contribution in [3.63, 3.8) is 0 Å². The summed E-state index contributed by atoms with van der Waals surface area (Å²) < 4.78 is 6.76. The molecule has 0 saturated heterocycles. The molecule has 1 aliphatic carbocycles. The molecule has 0 amide bonds. The van der Waals surface area contributed by atoms with Crippen molar-refractivity contribution in [1.29, 1.82) is 0 Å². The molecule has 0 spiro atoms. The molecule has 0 aromatic heterocycles. The Bertz CT molecular complexity index is 627. The molecule has 1 N–H and O–H groups in total. The van der Waals surface area contributed by atoms with Crippen molar-refractivity contribution in [1.82, 2.24) is 0 Å². The fraction of sp³-hybridized carbons (Fsp3) is 0.368. The lowest BCUT2D eigenvalue weighted by molar-refractivity contribution is 0.0465. The van der Waals surface area contributed by atoms with Gasteiger partial charge in [-0.2, -0.15) is 0 Å². The van der Waals surface area contributed by atoms with Crippen LogP contribution >= 0.6 is 15.9 Å². The van der Waals surface area contributed by atoms with Gasteiger partial charge in [-0.25, -0.2) is 0 Å². The third-order valence-corrected chi connectivity index (χ3v) is 5.23. The maximum absolute atomic E-state index is 10.3. The lowest BCUT2D eigenvalue weighted by Crippen LogP contribution is -2.18. The lowest BCUT2D eigenvalue weighted by atomic mass is 9.82. The topological polar surface area (TPSA) is 29.5 Å². The zero-order chi connectivity index (χ0) is 15.5. The highest BCUT2D eigenvalue weighted by Crippen LogP contribution is 2.49. The number of phenols is 1. The molecular formula is C19H21BrO2. The van der Waals surface area contributed by atoms with Crippen molar-refractivity contribution < 1.29 is 9.84 Å². The number of benzene rings is 2. The maximum atomic E-state index is 10.3. The molecule has 116 valence electrons. The zero-order valence-electron chi connectivity index (χ0n) is 12.7. The van der Waals surface area contributed by atoms with Crippen LogP contribution in [0, 0.1) is 5.92 Å². The minimum Gasteiger partial charge on any atom is -0.508 e. The van der Waals surface area contributed by atoms with Gasteiger partial charge in [0.2, 0.25) is 0 Å². The lowest BCUT2D eigenvalue weighted by Gasteiger charge is -2.29. The van der Waals surface area contributed by atoms with Crippen molar-refractivity contribution in [2.24, 2.45) is 5.92 Å². The van der Waals surface area contributed by atoms with Gasteiger partial charge in [0, 0.05) is 11.6 Å². The molecule has 0 aliphatic heterocycles. The van der Waals surface area contributed by atoms with E-state index in [2.05, 4.69) is 40.2 Å². The Morgan fingerprint density at radius 3 is 2.59 bits per heavy atom. The first-order valence-electron chi connectivity index (χ1n) is 7.77. The Labute approximate surface area is 140 Å². The Hall–Kier alpha value is -1.32. The van der Waals surface area contributed by atoms with Crippen LogP contribution < -0.4 is 0 Å². The third kappa shape index (κ3) is 3.06. The van der Waals surface area contributed by atoms with Gasteiger partial charge in [-0.15, -0.1) is 0 Å². The van der Waals surface area contributed by atoms with E-state index in [0.717, 1.165) is 22.9 Å². The van der Waals surface area contributed by atoms with E-state index >= 15 is 0 Å². The molecule has 1 fully saturated rings. The highest BCUT2D eigenvalue weighted by molar-refractivity contribution is 9.10. The summed E-state index contributed by atoms with van der Waals surface area (Å²) in [5.74, 6) is 1.13. The van der Waals surface area contributed by atoms with Crippen LogP contribution in [0.15, 0.2) is 53.0 Å². The van der Waals surface area contributed by atoms with Crippen LogP contribution in [0.3, 0.4) is 0 Å². The van der Waals surface area contributed by atoms with Crippen LogP contribution in [0.4, 0.5) is 0 Å². The van der Waals surface area contributed by atoms with Crippen LogP contribution in [0.1, 0.15) is 42.4 Å². The molecule has 2 aromatic carbocycles. The summed E-state index contributed by atoms with van der Waals surface area (Å²) in [5, 5.41) is 10.3. The van der Waals surface area contributed by atoms with Gasteiger partial charge >= 0.3 is 0 Å². The normalized spacial score (nSPS) is 22.6. The van der Waals surface area contributed by atoms with Crippen LogP contribution in [-0.4, -0.2) is 12.2 Å². The van der Waals surface area contributed by atoms with E-state index in [0.29, 0.717) is 17.6 Å². The van der Waals surface area contributed by atoms with Crippen LogP contribution in [0.5, 0.6) is 5.75 Å². The van der Waals surface area contributed by atoms with E-state index in [-0.39, 0.29) is 6.10 Å². The smallest absolute Gasteiger partial charge is 0.120 e. The fourth-order valence-electron chi connectivity index (χ4n) is 3.77. The minimum absolute atomic E-state index is 0.0803. The summed E-state index contributed by atoms with van der Waals surface area (Å²) in [6, 6.07) is 16.2. The predicted octanol–water partition coefficient (Wildman–Crippen LogP) is 5.43. The number of phenolic OH excluding ortho intramolecular Hbond substituents is 1. The summed E-state index contributed by atoms with van der Waals surface area (Å²) in [7, 11) is 1.79. The number of methoxy groups -OCH3 is 1. The van der Waals surface area contributed by atoms with Gasteiger partial charge in [0.05, 0.1) is 6.10 Å². The van der Waals surface area contributed by atoms with Crippen molar-refractivity contribution >= 4 is 15.9 Å². The molecule has 0 heterocycles. The monoisotopic (exact) mass is 360 g/mol. The average molecular weight is 361 g/mol. The van der Waals surface area contributed by atoms with Gasteiger partial charge < -0.3 is 9.84 Å². The van der Waals surface area contributed by atoms with E-state index in [1.54, 1.807) is 13.2 Å². The van der Waals surface area contributed by atoms with Crippen LogP contribution in [0.25, 0.3) is 0 Å². The number of ether oxygens (including phenoxy) is 1. The molecule has 0 radical (unpaired) electrons. The first kappa shape index (κ1) is 15.6. The average Bonchev–Trinajstić information content (AvgIpc) is 2.98. The Balaban J connectivity index is 1.92. The van der Waals surface area contributed by atoms with Gasteiger partial charge in [0.25, 0.3) is 0 Å². The number of halogens is 1. The molecule has 3 rings (SSSR count). The SMILES string of the molecule is COC(c1ccccc1)[C@H]1CCC[C@H]1c1ccc(Br)cc1O. The summed E-state index contributed by atoms with van der Waals surface area (Å²) in [4.78, 5) is 0. The van der Waals surface area contributed by atoms with Gasteiger partial charge in [-0.05, 0) is 47.9 Å². The molecule has 0 bridgehead atoms. The molecule has 1 unspecified atom stereocenters. The highest BCUT2D eigenvalue weighted by Gasteiger charge is 2.36. The second-order valence-electron chi connectivity index (χ2n) is 5.97. The van der Waals surface area contributed by atoms with Crippen molar-refractivity contribution in [2.75, 3.05) is 7.11 Å². The van der Waals surface area contributed by atoms with Crippen molar-refractivity contribution in [3.8, 4) is 5.75 Å². The van der Waals surface area contributed by atoms with Gasteiger partial charge in [-0.1, -0.05) is 58.7 Å².